The van der Waals surface area contributed by atoms with E-state index in [4.69, 9.17) is 16.7 Å². The van der Waals surface area contributed by atoms with E-state index in [-0.39, 0.29) is 18.9 Å². The van der Waals surface area contributed by atoms with Gasteiger partial charge in [0.2, 0.25) is 5.91 Å². The van der Waals surface area contributed by atoms with Gasteiger partial charge in [-0.25, -0.2) is 0 Å². The number of amides is 1. The van der Waals surface area contributed by atoms with Gasteiger partial charge in [0.25, 0.3) is 0 Å². The minimum atomic E-state index is -0.870. The second-order valence-electron chi connectivity index (χ2n) is 4.04. The molecule has 0 aliphatic rings. The molecule has 2 N–H and O–H groups in total. The molecule has 0 saturated heterocycles. The number of nitrogens with zero attached hydrogens (tertiary/aromatic N) is 1. The van der Waals surface area contributed by atoms with Crippen LogP contribution in [0.2, 0.25) is 5.02 Å². The maximum absolute atomic E-state index is 11.8. The SMILES string of the molecule is CCN(CCC(=O)O)CC(=O)Nc1ccccc1Cl. The molecule has 1 aromatic carbocycles. The Morgan fingerprint density at radius 3 is 2.63 bits per heavy atom. The van der Waals surface area contributed by atoms with E-state index < -0.39 is 5.97 Å². The number of carboxylic acid groups (broad SMARTS) is 1. The second-order valence-corrected chi connectivity index (χ2v) is 4.45. The van der Waals surface area contributed by atoms with E-state index in [0.29, 0.717) is 23.8 Å². The number of para-hydroxylation sites is 1. The zero-order valence-corrected chi connectivity index (χ0v) is 11.5. The van der Waals surface area contributed by atoms with Gasteiger partial charge in [-0.15, -0.1) is 0 Å². The van der Waals surface area contributed by atoms with Gasteiger partial charge in [0.15, 0.2) is 0 Å². The number of hydrogen-bond acceptors (Lipinski definition) is 3. The molecule has 5 nitrogen and oxygen atoms in total. The summed E-state index contributed by atoms with van der Waals surface area (Å²) in [4.78, 5) is 24.1. The summed E-state index contributed by atoms with van der Waals surface area (Å²) >= 11 is 5.94. The topological polar surface area (TPSA) is 69.6 Å². The molecule has 0 aliphatic heterocycles. The lowest BCUT2D eigenvalue weighted by Crippen LogP contribution is -2.34. The highest BCUT2D eigenvalue weighted by Gasteiger charge is 2.11. The summed E-state index contributed by atoms with van der Waals surface area (Å²) in [6.45, 7) is 2.99. The molecule has 0 spiro atoms. The van der Waals surface area contributed by atoms with E-state index in [9.17, 15) is 9.59 Å². The number of nitrogens with one attached hydrogen (secondary N) is 1. The standard InChI is InChI=1S/C13H17ClN2O3/c1-2-16(8-7-13(18)19)9-12(17)15-11-6-4-3-5-10(11)14/h3-6H,2,7-9H2,1H3,(H,15,17)(H,18,19). The van der Waals surface area contributed by atoms with Crippen molar-refractivity contribution in [2.45, 2.75) is 13.3 Å². The highest BCUT2D eigenvalue weighted by atomic mass is 35.5. The predicted octanol–water partition coefficient (Wildman–Crippen LogP) is 2.08. The Kier molecular flexibility index (Phi) is 6.32. The molecule has 0 radical (unpaired) electrons. The van der Waals surface area contributed by atoms with Gasteiger partial charge in [-0.2, -0.15) is 0 Å². The van der Waals surface area contributed by atoms with E-state index in [1.165, 1.54) is 0 Å². The molecular weight excluding hydrogens is 268 g/mol. The molecule has 1 amide bonds. The minimum Gasteiger partial charge on any atom is -0.481 e. The van der Waals surface area contributed by atoms with Crippen LogP contribution in [-0.2, 0) is 9.59 Å². The van der Waals surface area contributed by atoms with E-state index in [1.807, 2.05) is 6.92 Å². The van der Waals surface area contributed by atoms with Crippen LogP contribution in [0.5, 0.6) is 0 Å². The van der Waals surface area contributed by atoms with Gasteiger partial charge < -0.3 is 10.4 Å². The Balaban J connectivity index is 2.49. The first-order valence-corrected chi connectivity index (χ1v) is 6.39. The summed E-state index contributed by atoms with van der Waals surface area (Å²) in [6.07, 6.45) is 0.0210. The number of rotatable bonds is 7. The molecule has 1 aromatic rings. The van der Waals surface area contributed by atoms with Crippen LogP contribution >= 0.6 is 11.6 Å². The fraction of sp³-hybridized carbons (Fsp3) is 0.385. The summed E-state index contributed by atoms with van der Waals surface area (Å²) in [6, 6.07) is 6.97. The zero-order valence-electron chi connectivity index (χ0n) is 10.7. The number of likely N-dealkylation sites (N-methyl/N-ethyl adjacent to an activating group) is 1. The third-order valence-electron chi connectivity index (χ3n) is 2.60. The molecule has 0 heterocycles. The van der Waals surface area contributed by atoms with E-state index in [1.54, 1.807) is 29.2 Å². The van der Waals surface area contributed by atoms with Crippen LogP contribution in [0.25, 0.3) is 0 Å². The molecule has 0 atom stereocenters. The van der Waals surface area contributed by atoms with Crippen molar-refractivity contribution in [3.63, 3.8) is 0 Å². The first kappa shape index (κ1) is 15.5. The number of halogens is 1. The van der Waals surface area contributed by atoms with Crippen LogP contribution in [0.1, 0.15) is 13.3 Å². The van der Waals surface area contributed by atoms with Crippen LogP contribution < -0.4 is 5.32 Å². The van der Waals surface area contributed by atoms with E-state index >= 15 is 0 Å². The highest BCUT2D eigenvalue weighted by molar-refractivity contribution is 6.33. The van der Waals surface area contributed by atoms with Crippen LogP contribution in [-0.4, -0.2) is 41.5 Å². The Morgan fingerprint density at radius 2 is 2.05 bits per heavy atom. The van der Waals surface area contributed by atoms with Gasteiger partial charge >= 0.3 is 5.97 Å². The zero-order chi connectivity index (χ0) is 14.3. The summed E-state index contributed by atoms with van der Waals surface area (Å²) in [5.41, 5.74) is 0.559. The number of anilines is 1. The maximum atomic E-state index is 11.8. The summed E-state index contributed by atoms with van der Waals surface area (Å²) in [5, 5.41) is 11.8. The molecule has 1 rings (SSSR count). The van der Waals surface area contributed by atoms with Crippen molar-refractivity contribution in [1.29, 1.82) is 0 Å². The number of hydrogen-bond donors (Lipinski definition) is 2. The largest absolute Gasteiger partial charge is 0.481 e. The third kappa shape index (κ3) is 5.72. The molecule has 6 heteroatoms. The van der Waals surface area contributed by atoms with Crippen molar-refractivity contribution < 1.29 is 14.7 Å². The van der Waals surface area contributed by atoms with Gasteiger partial charge in [-0.1, -0.05) is 30.7 Å². The van der Waals surface area contributed by atoms with Crippen molar-refractivity contribution in [2.75, 3.05) is 25.0 Å². The van der Waals surface area contributed by atoms with Crippen molar-refractivity contribution in [3.8, 4) is 0 Å². The molecular formula is C13H17ClN2O3. The lowest BCUT2D eigenvalue weighted by atomic mass is 10.3. The number of aliphatic carboxylic acids is 1. The average Bonchev–Trinajstić information content (AvgIpc) is 2.37. The normalized spacial score (nSPS) is 10.5. The molecule has 19 heavy (non-hydrogen) atoms. The first-order chi connectivity index (χ1) is 9.02. The Morgan fingerprint density at radius 1 is 1.37 bits per heavy atom. The maximum Gasteiger partial charge on any atom is 0.304 e. The van der Waals surface area contributed by atoms with Gasteiger partial charge in [0.05, 0.1) is 23.7 Å². The molecule has 0 saturated carbocycles. The predicted molar refractivity (Wildman–Crippen MR) is 74.4 cm³/mol. The number of benzene rings is 1. The van der Waals surface area contributed by atoms with Crippen molar-refractivity contribution >= 4 is 29.2 Å². The van der Waals surface area contributed by atoms with Gasteiger partial charge in [-0.05, 0) is 18.7 Å². The fourth-order valence-electron chi connectivity index (χ4n) is 1.56. The lowest BCUT2D eigenvalue weighted by molar-refractivity contribution is -0.137. The smallest absolute Gasteiger partial charge is 0.304 e. The van der Waals surface area contributed by atoms with Gasteiger partial charge in [-0.3, -0.25) is 14.5 Å². The molecule has 104 valence electrons. The van der Waals surface area contributed by atoms with E-state index in [0.717, 1.165) is 0 Å². The molecule has 0 unspecified atom stereocenters. The average molecular weight is 285 g/mol. The lowest BCUT2D eigenvalue weighted by Gasteiger charge is -2.18. The van der Waals surface area contributed by atoms with Gasteiger partial charge in [0.1, 0.15) is 0 Å². The summed E-state index contributed by atoms with van der Waals surface area (Å²) in [7, 11) is 0. The third-order valence-corrected chi connectivity index (χ3v) is 2.93. The number of carbonyl (C=O) groups is 2. The van der Waals surface area contributed by atoms with Crippen LogP contribution in [0, 0.1) is 0 Å². The Bertz CT molecular complexity index is 451. The highest BCUT2D eigenvalue weighted by Crippen LogP contribution is 2.20. The van der Waals surface area contributed by atoms with Crippen LogP contribution in [0.4, 0.5) is 5.69 Å². The molecule has 0 fully saturated rings. The molecule has 0 aromatic heterocycles. The van der Waals surface area contributed by atoms with Crippen LogP contribution in [0.15, 0.2) is 24.3 Å². The number of carbonyl (C=O) groups excluding carboxylic acids is 1. The first-order valence-electron chi connectivity index (χ1n) is 6.01. The Labute approximate surface area is 117 Å². The van der Waals surface area contributed by atoms with Crippen molar-refractivity contribution in [2.24, 2.45) is 0 Å². The van der Waals surface area contributed by atoms with Crippen molar-refractivity contribution in [1.82, 2.24) is 4.90 Å². The molecule has 0 aliphatic carbocycles. The summed E-state index contributed by atoms with van der Waals surface area (Å²) < 4.78 is 0. The minimum absolute atomic E-state index is 0.0210. The fourth-order valence-corrected chi connectivity index (χ4v) is 1.74. The second kappa shape index (κ2) is 7.76. The van der Waals surface area contributed by atoms with Crippen molar-refractivity contribution in [3.05, 3.63) is 29.3 Å². The molecule has 0 bridgehead atoms. The Hall–Kier alpha value is -1.59. The number of carboxylic acids is 1. The van der Waals surface area contributed by atoms with Crippen LogP contribution in [0.3, 0.4) is 0 Å². The van der Waals surface area contributed by atoms with Gasteiger partial charge in [0, 0.05) is 6.54 Å². The van der Waals surface area contributed by atoms with E-state index in [2.05, 4.69) is 5.32 Å². The monoisotopic (exact) mass is 284 g/mol. The summed E-state index contributed by atoms with van der Waals surface area (Å²) in [5.74, 6) is -1.08. The quantitative estimate of drug-likeness (QED) is 0.804.